The number of aromatic amines is 1. The number of halogens is 1. The number of nitrogens with one attached hydrogen (secondary N) is 1. The minimum Gasteiger partial charge on any atom is -0.395 e. The Morgan fingerprint density at radius 3 is 2.74 bits per heavy atom. The zero-order valence-corrected chi connectivity index (χ0v) is 17.0. The van der Waals surface area contributed by atoms with E-state index >= 15 is 0 Å². The van der Waals surface area contributed by atoms with Gasteiger partial charge in [0.2, 0.25) is 0 Å². The summed E-state index contributed by atoms with van der Waals surface area (Å²) >= 11 is 2.30. The summed E-state index contributed by atoms with van der Waals surface area (Å²) in [6.07, 6.45) is 3.79. The Hall–Kier alpha value is -2.15. The number of hydrogen-bond acceptors (Lipinski definition) is 5. The summed E-state index contributed by atoms with van der Waals surface area (Å²) in [5.74, 6) is 0. The van der Waals surface area contributed by atoms with E-state index in [0.29, 0.717) is 12.1 Å². The Morgan fingerprint density at radius 1 is 1.19 bits per heavy atom. The van der Waals surface area contributed by atoms with Gasteiger partial charge in [-0.3, -0.25) is 4.90 Å². The molecule has 0 radical (unpaired) electrons. The van der Waals surface area contributed by atoms with Gasteiger partial charge in [0.05, 0.1) is 17.9 Å². The van der Waals surface area contributed by atoms with Crippen LogP contribution < -0.4 is 4.90 Å². The number of benzene rings is 1. The van der Waals surface area contributed by atoms with Crippen LogP contribution in [0.15, 0.2) is 36.7 Å². The highest BCUT2D eigenvalue weighted by atomic mass is 127. The van der Waals surface area contributed by atoms with E-state index in [1.807, 2.05) is 24.5 Å². The fourth-order valence-corrected chi connectivity index (χ4v) is 4.13. The van der Waals surface area contributed by atoms with Crippen LogP contribution in [-0.4, -0.2) is 59.3 Å². The Kier molecular flexibility index (Phi) is 5.29. The number of hydrogen-bond donors (Lipinski definition) is 2. The van der Waals surface area contributed by atoms with Gasteiger partial charge in [0.15, 0.2) is 0 Å². The zero-order valence-electron chi connectivity index (χ0n) is 14.8. The van der Waals surface area contributed by atoms with Crippen LogP contribution in [0, 0.1) is 14.9 Å². The number of fused-ring (bicyclic) bond motifs is 1. The fourth-order valence-electron chi connectivity index (χ4n) is 3.56. The number of nitrogens with zero attached hydrogens (tertiary/aromatic N) is 4. The molecule has 0 unspecified atom stereocenters. The van der Waals surface area contributed by atoms with Crippen molar-refractivity contribution in [2.45, 2.75) is 0 Å². The molecule has 0 amide bonds. The summed E-state index contributed by atoms with van der Waals surface area (Å²) in [4.78, 5) is 12.2. The third-order valence-corrected chi connectivity index (χ3v) is 5.95. The molecule has 1 fully saturated rings. The fraction of sp³-hybridized carbons (Fsp3) is 0.300. The number of nitriles is 1. The van der Waals surface area contributed by atoms with Gasteiger partial charge in [-0.15, -0.1) is 0 Å². The predicted octanol–water partition coefficient (Wildman–Crippen LogP) is 2.82. The molecule has 27 heavy (non-hydrogen) atoms. The van der Waals surface area contributed by atoms with Gasteiger partial charge in [-0.25, -0.2) is 4.98 Å². The molecule has 1 aliphatic heterocycles. The van der Waals surface area contributed by atoms with Crippen molar-refractivity contribution in [1.29, 1.82) is 5.26 Å². The van der Waals surface area contributed by atoms with E-state index in [0.717, 1.165) is 57.6 Å². The molecule has 0 saturated carbocycles. The van der Waals surface area contributed by atoms with E-state index in [-0.39, 0.29) is 6.61 Å². The standard InChI is InChI=1S/C20H20IN5O/c21-18-13-24-20-17(18)10-16(12-23-20)14-1-2-19(15(9-14)11-22)26-5-3-25(4-6-26)7-8-27/h1-2,9-10,12-13,27H,3-8H2,(H,23,24). The Balaban J connectivity index is 1.61. The minimum atomic E-state index is 0.191. The van der Waals surface area contributed by atoms with Gasteiger partial charge >= 0.3 is 0 Å². The average molecular weight is 473 g/mol. The number of pyridine rings is 1. The van der Waals surface area contributed by atoms with Gasteiger partial charge in [0.25, 0.3) is 0 Å². The number of anilines is 1. The third-order valence-electron chi connectivity index (χ3n) is 5.06. The zero-order chi connectivity index (χ0) is 18.8. The van der Waals surface area contributed by atoms with Crippen LogP contribution in [-0.2, 0) is 0 Å². The van der Waals surface area contributed by atoms with E-state index in [4.69, 9.17) is 5.11 Å². The first-order valence-corrected chi connectivity index (χ1v) is 10.0. The van der Waals surface area contributed by atoms with Crippen LogP contribution in [0.3, 0.4) is 0 Å². The number of aliphatic hydroxyl groups is 1. The van der Waals surface area contributed by atoms with E-state index in [1.54, 1.807) is 0 Å². The summed E-state index contributed by atoms with van der Waals surface area (Å²) in [6, 6.07) is 10.5. The summed E-state index contributed by atoms with van der Waals surface area (Å²) in [5.41, 5.74) is 4.56. The Morgan fingerprint density at radius 2 is 2.00 bits per heavy atom. The van der Waals surface area contributed by atoms with Crippen molar-refractivity contribution in [2.24, 2.45) is 0 Å². The number of aliphatic hydroxyl groups excluding tert-OH is 1. The van der Waals surface area contributed by atoms with Gasteiger partial charge in [0.1, 0.15) is 11.7 Å². The molecule has 4 rings (SSSR count). The van der Waals surface area contributed by atoms with Crippen molar-refractivity contribution in [3.63, 3.8) is 0 Å². The maximum absolute atomic E-state index is 9.70. The largest absolute Gasteiger partial charge is 0.395 e. The molecule has 0 aliphatic carbocycles. The average Bonchev–Trinajstić information content (AvgIpc) is 3.09. The predicted molar refractivity (Wildman–Crippen MR) is 115 cm³/mol. The molecule has 7 heteroatoms. The third kappa shape index (κ3) is 3.65. The second-order valence-corrected chi connectivity index (χ2v) is 7.81. The molecule has 0 spiro atoms. The van der Waals surface area contributed by atoms with Gasteiger partial charge in [-0.05, 0) is 46.4 Å². The van der Waals surface area contributed by atoms with Crippen molar-refractivity contribution in [3.8, 4) is 17.2 Å². The molecule has 6 nitrogen and oxygen atoms in total. The number of H-pyrrole nitrogens is 1. The van der Waals surface area contributed by atoms with E-state index < -0.39 is 0 Å². The first-order chi connectivity index (χ1) is 13.2. The number of piperazine rings is 1. The summed E-state index contributed by atoms with van der Waals surface area (Å²) < 4.78 is 1.13. The Labute approximate surface area is 171 Å². The molecule has 1 saturated heterocycles. The van der Waals surface area contributed by atoms with Gasteiger partial charge in [-0.1, -0.05) is 6.07 Å². The first-order valence-electron chi connectivity index (χ1n) is 8.95. The van der Waals surface area contributed by atoms with Crippen molar-refractivity contribution in [2.75, 3.05) is 44.2 Å². The molecular weight excluding hydrogens is 453 g/mol. The van der Waals surface area contributed by atoms with Gasteiger partial charge < -0.3 is 15.0 Å². The van der Waals surface area contributed by atoms with Crippen molar-refractivity contribution < 1.29 is 5.11 Å². The Bertz CT molecular complexity index is 1000. The number of β-amino-alcohol motifs (C(OH)–C–C–N with tert-alkyl or cyclic N) is 1. The van der Waals surface area contributed by atoms with Crippen molar-refractivity contribution in [1.82, 2.24) is 14.9 Å². The second kappa shape index (κ2) is 7.84. The van der Waals surface area contributed by atoms with E-state index in [1.165, 1.54) is 0 Å². The monoisotopic (exact) mass is 473 g/mol. The smallest absolute Gasteiger partial charge is 0.138 e. The lowest BCUT2D eigenvalue weighted by atomic mass is 10.0. The summed E-state index contributed by atoms with van der Waals surface area (Å²) in [6.45, 7) is 4.44. The summed E-state index contributed by atoms with van der Waals surface area (Å²) in [5, 5.41) is 19.9. The second-order valence-electron chi connectivity index (χ2n) is 6.65. The van der Waals surface area contributed by atoms with Crippen LogP contribution in [0.1, 0.15) is 5.56 Å². The molecular formula is C20H20IN5O. The molecule has 2 aromatic heterocycles. The minimum absolute atomic E-state index is 0.191. The SMILES string of the molecule is N#Cc1cc(-c2cnc3[nH]cc(I)c3c2)ccc1N1CCN(CCO)CC1. The van der Waals surface area contributed by atoms with Crippen molar-refractivity contribution in [3.05, 3.63) is 45.8 Å². The highest BCUT2D eigenvalue weighted by Crippen LogP contribution is 2.30. The molecule has 3 aromatic rings. The normalized spacial score (nSPS) is 15.2. The topological polar surface area (TPSA) is 79.2 Å². The molecule has 2 N–H and O–H groups in total. The van der Waals surface area contributed by atoms with Gasteiger partial charge in [0, 0.05) is 59.6 Å². The molecule has 3 heterocycles. The number of rotatable bonds is 4. The van der Waals surface area contributed by atoms with Crippen LogP contribution in [0.5, 0.6) is 0 Å². The molecule has 1 aliphatic rings. The lowest BCUT2D eigenvalue weighted by Crippen LogP contribution is -2.47. The van der Waals surface area contributed by atoms with E-state index in [9.17, 15) is 5.26 Å². The molecule has 0 bridgehead atoms. The van der Waals surface area contributed by atoms with Crippen molar-refractivity contribution >= 4 is 39.3 Å². The van der Waals surface area contributed by atoms with Crippen LogP contribution in [0.2, 0.25) is 0 Å². The highest BCUT2D eigenvalue weighted by Gasteiger charge is 2.19. The molecule has 138 valence electrons. The lowest BCUT2D eigenvalue weighted by molar-refractivity contribution is 0.189. The quantitative estimate of drug-likeness (QED) is 0.570. The molecule has 0 atom stereocenters. The van der Waals surface area contributed by atoms with Crippen LogP contribution in [0.4, 0.5) is 5.69 Å². The highest BCUT2D eigenvalue weighted by molar-refractivity contribution is 14.1. The first kappa shape index (κ1) is 18.2. The number of aromatic nitrogens is 2. The van der Waals surface area contributed by atoms with Crippen LogP contribution >= 0.6 is 22.6 Å². The van der Waals surface area contributed by atoms with Crippen LogP contribution in [0.25, 0.3) is 22.2 Å². The van der Waals surface area contributed by atoms with E-state index in [2.05, 4.69) is 60.6 Å². The summed E-state index contributed by atoms with van der Waals surface area (Å²) in [7, 11) is 0. The van der Waals surface area contributed by atoms with Gasteiger partial charge in [-0.2, -0.15) is 5.26 Å². The lowest BCUT2D eigenvalue weighted by Gasteiger charge is -2.36. The maximum atomic E-state index is 9.70. The molecule has 1 aromatic carbocycles. The maximum Gasteiger partial charge on any atom is 0.138 e.